The topological polar surface area (TPSA) is 21.3 Å². The summed E-state index contributed by atoms with van der Waals surface area (Å²) in [5, 5.41) is 12.2. The molecule has 0 saturated carbocycles. The quantitative estimate of drug-likeness (QED) is 0.166. The molecule has 0 spiro atoms. The van der Waals surface area contributed by atoms with Gasteiger partial charge in [0.1, 0.15) is 11.2 Å². The van der Waals surface area contributed by atoms with Gasteiger partial charge in [0.2, 0.25) is 0 Å². The van der Waals surface area contributed by atoms with Crippen molar-refractivity contribution in [2.45, 2.75) is 19.3 Å². The minimum atomic E-state index is -0.138. The molecule has 0 fully saturated rings. The van der Waals surface area contributed by atoms with Crippen LogP contribution in [0.1, 0.15) is 25.0 Å². The fraction of sp³-hybridized carbons (Fsp3) is 0.0526. The number of rotatable bonds is 4. The second kappa shape index (κ2) is 12.2. The lowest BCUT2D eigenvalue weighted by Gasteiger charge is -2.28. The maximum atomic E-state index is 6.28. The van der Waals surface area contributed by atoms with E-state index in [1.165, 1.54) is 70.9 Å². The summed E-state index contributed by atoms with van der Waals surface area (Å²) in [6.45, 7) is 4.73. The Morgan fingerprint density at radius 3 is 1.88 bits per heavy atom. The number of fused-ring (bicyclic) bond motifs is 14. The zero-order valence-corrected chi connectivity index (χ0v) is 33.3. The zero-order chi connectivity index (χ0) is 39.7. The van der Waals surface area contributed by atoms with Crippen molar-refractivity contribution < 1.29 is 4.42 Å². The van der Waals surface area contributed by atoms with Crippen LogP contribution >= 0.6 is 0 Å². The average Bonchev–Trinajstić information content (AvgIpc) is 3.91. The van der Waals surface area contributed by atoms with Crippen molar-refractivity contribution in [2.75, 3.05) is 4.90 Å². The van der Waals surface area contributed by atoms with Crippen LogP contribution in [-0.2, 0) is 5.41 Å². The van der Waals surface area contributed by atoms with Crippen molar-refractivity contribution >= 4 is 93.1 Å². The van der Waals surface area contributed by atoms with Crippen LogP contribution in [0.3, 0.4) is 0 Å². The molecule has 0 amide bonds. The summed E-state index contributed by atoms with van der Waals surface area (Å²) in [6, 6.07) is 71.5. The monoisotopic (exact) mass is 766 g/mol. The highest BCUT2D eigenvalue weighted by atomic mass is 16.3. The van der Waals surface area contributed by atoms with Crippen molar-refractivity contribution in [3.8, 4) is 16.8 Å². The molecular formula is C57H38N2O. The molecule has 3 nitrogen and oxygen atoms in total. The molecule has 10 aromatic carbocycles. The summed E-state index contributed by atoms with van der Waals surface area (Å²) in [7, 11) is 0. The van der Waals surface area contributed by atoms with E-state index in [1.54, 1.807) is 0 Å². The van der Waals surface area contributed by atoms with E-state index >= 15 is 0 Å². The van der Waals surface area contributed by atoms with Gasteiger partial charge in [-0.2, -0.15) is 0 Å². The van der Waals surface area contributed by atoms with Crippen LogP contribution in [0.4, 0.5) is 17.1 Å². The average molecular weight is 767 g/mol. The van der Waals surface area contributed by atoms with E-state index in [2.05, 4.69) is 205 Å². The van der Waals surface area contributed by atoms with Gasteiger partial charge < -0.3 is 13.9 Å². The fourth-order valence-electron chi connectivity index (χ4n) is 10.5. The summed E-state index contributed by atoms with van der Waals surface area (Å²) < 4.78 is 8.70. The number of anilines is 3. The molecule has 0 unspecified atom stereocenters. The smallest absolute Gasteiger partial charge is 0.135 e. The Kier molecular flexibility index (Phi) is 6.78. The predicted octanol–water partition coefficient (Wildman–Crippen LogP) is 15.9. The van der Waals surface area contributed by atoms with Gasteiger partial charge in [-0.3, -0.25) is 0 Å². The highest BCUT2D eigenvalue weighted by Gasteiger charge is 2.36. The predicted molar refractivity (Wildman–Crippen MR) is 253 cm³/mol. The number of benzene rings is 10. The third-order valence-electron chi connectivity index (χ3n) is 13.3. The summed E-state index contributed by atoms with van der Waals surface area (Å²) >= 11 is 0. The third kappa shape index (κ3) is 4.66. The summed E-state index contributed by atoms with van der Waals surface area (Å²) in [5.41, 5.74) is 13.8. The van der Waals surface area contributed by atoms with Gasteiger partial charge in [-0.05, 0) is 121 Å². The summed E-state index contributed by atoms with van der Waals surface area (Å²) in [4.78, 5) is 2.47. The minimum Gasteiger partial charge on any atom is -0.456 e. The lowest BCUT2D eigenvalue weighted by molar-refractivity contribution is 0.660. The van der Waals surface area contributed by atoms with Crippen LogP contribution in [0.25, 0.3) is 92.9 Å². The molecule has 0 bridgehead atoms. The Bertz CT molecular complexity index is 3770. The largest absolute Gasteiger partial charge is 0.456 e. The molecule has 0 radical (unpaired) electrons. The lowest BCUT2D eigenvalue weighted by Crippen LogP contribution is -2.16. The number of aromatic nitrogens is 1. The van der Waals surface area contributed by atoms with Gasteiger partial charge in [-0.1, -0.05) is 141 Å². The molecule has 13 rings (SSSR count). The number of furan rings is 1. The normalized spacial score (nSPS) is 13.3. The van der Waals surface area contributed by atoms with Crippen LogP contribution in [0.15, 0.2) is 199 Å². The highest BCUT2D eigenvalue weighted by Crippen LogP contribution is 2.51. The molecule has 0 saturated heterocycles. The Hall–Kier alpha value is -7.62. The van der Waals surface area contributed by atoms with Crippen LogP contribution in [0, 0.1) is 0 Å². The fourth-order valence-corrected chi connectivity index (χ4v) is 10.5. The van der Waals surface area contributed by atoms with Gasteiger partial charge in [-0.15, -0.1) is 0 Å². The summed E-state index contributed by atoms with van der Waals surface area (Å²) in [5.74, 6) is 0. The molecule has 12 aromatic rings. The van der Waals surface area contributed by atoms with E-state index in [4.69, 9.17) is 4.42 Å². The first-order valence-corrected chi connectivity index (χ1v) is 20.8. The maximum absolute atomic E-state index is 6.28. The molecule has 1 aliphatic carbocycles. The van der Waals surface area contributed by atoms with Crippen molar-refractivity contribution in [1.82, 2.24) is 4.57 Å². The standard InChI is InChI=1S/C57H38N2O/c1-57(2)51-16-8-5-13-44(51)45-28-23-39(33-52(45)57)58(37-22-19-36-21-26-42-41-12-4-3-11-35(41)20-27-43(42)49(36)31-37)40-24-29-47-46-14-6-9-17-53(46)59(54(47)34-40)38-25-30-56-50(32-38)48-15-7-10-18-55(48)60-56/h3-34H,1-2H3. The molecule has 282 valence electrons. The number of hydrogen-bond donors (Lipinski definition) is 0. The van der Waals surface area contributed by atoms with Crippen LogP contribution in [0.2, 0.25) is 0 Å². The van der Waals surface area contributed by atoms with Gasteiger partial charge in [0.05, 0.1) is 11.0 Å². The molecule has 60 heavy (non-hydrogen) atoms. The van der Waals surface area contributed by atoms with Crippen molar-refractivity contribution in [3.63, 3.8) is 0 Å². The van der Waals surface area contributed by atoms with Gasteiger partial charge in [0.15, 0.2) is 0 Å². The van der Waals surface area contributed by atoms with Crippen LogP contribution in [-0.4, -0.2) is 4.57 Å². The van der Waals surface area contributed by atoms with Crippen LogP contribution < -0.4 is 4.90 Å². The van der Waals surface area contributed by atoms with E-state index in [9.17, 15) is 0 Å². The van der Waals surface area contributed by atoms with Crippen LogP contribution in [0.5, 0.6) is 0 Å². The zero-order valence-electron chi connectivity index (χ0n) is 33.3. The van der Waals surface area contributed by atoms with E-state index < -0.39 is 0 Å². The minimum absolute atomic E-state index is 0.138. The molecule has 3 heteroatoms. The summed E-state index contributed by atoms with van der Waals surface area (Å²) in [6.07, 6.45) is 0. The molecule has 2 heterocycles. The van der Waals surface area contributed by atoms with Gasteiger partial charge in [0, 0.05) is 49.7 Å². The van der Waals surface area contributed by atoms with Gasteiger partial charge in [-0.25, -0.2) is 0 Å². The Balaban J connectivity index is 1.07. The molecule has 2 aromatic heterocycles. The first-order chi connectivity index (χ1) is 29.5. The molecule has 0 atom stereocenters. The van der Waals surface area contributed by atoms with E-state index in [-0.39, 0.29) is 5.41 Å². The van der Waals surface area contributed by atoms with E-state index in [0.717, 1.165) is 50.2 Å². The second-order valence-electron chi connectivity index (χ2n) is 16.9. The van der Waals surface area contributed by atoms with Gasteiger partial charge in [0.25, 0.3) is 0 Å². The Labute approximate surface area is 346 Å². The highest BCUT2D eigenvalue weighted by molar-refractivity contribution is 6.18. The first-order valence-electron chi connectivity index (χ1n) is 20.8. The van der Waals surface area contributed by atoms with Crippen molar-refractivity contribution in [1.29, 1.82) is 0 Å². The number of nitrogens with zero attached hydrogens (tertiary/aromatic N) is 2. The molecule has 0 N–H and O–H groups in total. The second-order valence-corrected chi connectivity index (χ2v) is 16.9. The van der Waals surface area contributed by atoms with E-state index in [0.29, 0.717) is 0 Å². The lowest BCUT2D eigenvalue weighted by atomic mass is 9.82. The molecule has 0 aliphatic heterocycles. The molecule has 1 aliphatic rings. The van der Waals surface area contributed by atoms with Crippen molar-refractivity contribution in [3.05, 3.63) is 205 Å². The molecular weight excluding hydrogens is 729 g/mol. The SMILES string of the molecule is CC1(C)c2ccccc2-c2ccc(N(c3ccc4ccc5c6ccccc6ccc5c4c3)c3ccc4c5ccccc5n(-c5ccc6oc7ccccc7c6c5)c4c3)cc21. The number of hydrogen-bond acceptors (Lipinski definition) is 2. The Morgan fingerprint density at radius 2 is 0.983 bits per heavy atom. The van der Waals surface area contributed by atoms with E-state index in [1.807, 2.05) is 12.1 Å². The number of para-hydroxylation sites is 2. The third-order valence-corrected chi connectivity index (χ3v) is 13.3. The van der Waals surface area contributed by atoms with Gasteiger partial charge >= 0.3 is 0 Å². The Morgan fingerprint density at radius 1 is 0.383 bits per heavy atom. The maximum Gasteiger partial charge on any atom is 0.135 e. The first kappa shape index (κ1) is 33.4. The van der Waals surface area contributed by atoms with Crippen molar-refractivity contribution in [2.24, 2.45) is 0 Å².